The van der Waals surface area contributed by atoms with Crippen LogP contribution in [0.5, 0.6) is 11.5 Å². The Morgan fingerprint density at radius 3 is 2.39 bits per heavy atom. The summed E-state index contributed by atoms with van der Waals surface area (Å²) in [6.07, 6.45) is 0. The van der Waals surface area contributed by atoms with E-state index in [1.165, 1.54) is 6.92 Å². The van der Waals surface area contributed by atoms with Crippen molar-refractivity contribution < 1.29 is 19.1 Å². The molecule has 1 N–H and O–H groups in total. The van der Waals surface area contributed by atoms with Crippen LogP contribution in [0, 0.1) is 0 Å². The van der Waals surface area contributed by atoms with E-state index in [1.807, 2.05) is 6.92 Å². The summed E-state index contributed by atoms with van der Waals surface area (Å²) in [5, 5.41) is 2.73. The predicted octanol–water partition coefficient (Wildman–Crippen LogP) is 3.31. The normalized spacial score (nSPS) is 10.0. The van der Waals surface area contributed by atoms with Gasteiger partial charge < -0.3 is 14.8 Å². The van der Waals surface area contributed by atoms with Crippen LogP contribution >= 0.6 is 0 Å². The number of hydrogen-bond donors (Lipinski definition) is 1. The number of amides is 1. The molecular formula is C18H19NO4. The lowest BCUT2D eigenvalue weighted by Crippen LogP contribution is -2.20. The van der Waals surface area contributed by atoms with Crippen LogP contribution in [0.1, 0.15) is 24.2 Å². The van der Waals surface area contributed by atoms with E-state index in [4.69, 9.17) is 9.47 Å². The predicted molar refractivity (Wildman–Crippen MR) is 88.2 cm³/mol. The van der Waals surface area contributed by atoms with Crippen molar-refractivity contribution in [3.63, 3.8) is 0 Å². The third-order valence-corrected chi connectivity index (χ3v) is 3.06. The summed E-state index contributed by atoms with van der Waals surface area (Å²) in [5.74, 6) is 0.916. The fourth-order valence-electron chi connectivity index (χ4n) is 1.95. The fraction of sp³-hybridized carbons (Fsp3) is 0.222. The molecule has 0 aliphatic carbocycles. The molecule has 0 spiro atoms. The van der Waals surface area contributed by atoms with Gasteiger partial charge in [-0.1, -0.05) is 12.1 Å². The Hall–Kier alpha value is -2.82. The van der Waals surface area contributed by atoms with Crippen LogP contribution in [0.4, 0.5) is 5.69 Å². The summed E-state index contributed by atoms with van der Waals surface area (Å²) in [6.45, 7) is 3.86. The van der Waals surface area contributed by atoms with E-state index in [-0.39, 0.29) is 18.3 Å². The molecular weight excluding hydrogens is 294 g/mol. The molecule has 0 fully saturated rings. The average Bonchev–Trinajstić information content (AvgIpc) is 2.55. The van der Waals surface area contributed by atoms with Crippen LogP contribution in [0.2, 0.25) is 0 Å². The van der Waals surface area contributed by atoms with Gasteiger partial charge in [-0.25, -0.2) is 0 Å². The number of nitrogens with one attached hydrogen (secondary N) is 1. The van der Waals surface area contributed by atoms with Crippen molar-refractivity contribution in [1.82, 2.24) is 0 Å². The first-order valence-corrected chi connectivity index (χ1v) is 7.35. The quantitative estimate of drug-likeness (QED) is 0.797. The van der Waals surface area contributed by atoms with E-state index in [0.29, 0.717) is 23.6 Å². The summed E-state index contributed by atoms with van der Waals surface area (Å²) >= 11 is 0. The number of anilines is 1. The van der Waals surface area contributed by atoms with E-state index >= 15 is 0 Å². The number of ketones is 1. The molecule has 2 aromatic rings. The molecule has 0 bridgehead atoms. The first-order chi connectivity index (χ1) is 11.1. The summed E-state index contributed by atoms with van der Waals surface area (Å²) in [6, 6.07) is 13.8. The van der Waals surface area contributed by atoms with Crippen LogP contribution in [-0.2, 0) is 4.79 Å². The maximum Gasteiger partial charge on any atom is 0.262 e. The molecule has 0 aliphatic rings. The maximum atomic E-state index is 11.9. The summed E-state index contributed by atoms with van der Waals surface area (Å²) in [4.78, 5) is 23.2. The van der Waals surface area contributed by atoms with Gasteiger partial charge >= 0.3 is 0 Å². The van der Waals surface area contributed by atoms with Gasteiger partial charge in [0.1, 0.15) is 11.5 Å². The molecule has 120 valence electrons. The Bertz CT molecular complexity index is 680. The number of ether oxygens (including phenoxy) is 2. The zero-order chi connectivity index (χ0) is 16.7. The van der Waals surface area contributed by atoms with Crippen molar-refractivity contribution in [2.75, 3.05) is 18.5 Å². The smallest absolute Gasteiger partial charge is 0.262 e. The molecule has 5 nitrogen and oxygen atoms in total. The van der Waals surface area contributed by atoms with Crippen molar-refractivity contribution in [3.8, 4) is 11.5 Å². The minimum Gasteiger partial charge on any atom is -0.494 e. The number of carbonyl (C=O) groups is 2. The van der Waals surface area contributed by atoms with Crippen LogP contribution in [-0.4, -0.2) is 24.9 Å². The van der Waals surface area contributed by atoms with Crippen molar-refractivity contribution in [3.05, 3.63) is 54.1 Å². The average molecular weight is 313 g/mol. The summed E-state index contributed by atoms with van der Waals surface area (Å²) in [5.41, 5.74) is 1.22. The van der Waals surface area contributed by atoms with E-state index < -0.39 is 0 Å². The number of hydrogen-bond acceptors (Lipinski definition) is 4. The van der Waals surface area contributed by atoms with Gasteiger partial charge in [-0.05, 0) is 50.2 Å². The first kappa shape index (κ1) is 16.5. The number of benzene rings is 2. The SMILES string of the molecule is CCOc1ccc(NC(=O)COc2cccc(C(C)=O)c2)cc1. The molecule has 0 radical (unpaired) electrons. The zero-order valence-corrected chi connectivity index (χ0v) is 13.2. The van der Waals surface area contributed by atoms with Gasteiger partial charge in [0.2, 0.25) is 0 Å². The Kier molecular flexibility index (Phi) is 5.74. The molecule has 0 heterocycles. The van der Waals surface area contributed by atoms with Gasteiger partial charge in [0.15, 0.2) is 12.4 Å². The second-order valence-electron chi connectivity index (χ2n) is 4.88. The van der Waals surface area contributed by atoms with Gasteiger partial charge in [-0.15, -0.1) is 0 Å². The van der Waals surface area contributed by atoms with Crippen LogP contribution in [0.3, 0.4) is 0 Å². The molecule has 0 saturated heterocycles. The second kappa shape index (κ2) is 7.98. The zero-order valence-electron chi connectivity index (χ0n) is 13.2. The van der Waals surface area contributed by atoms with Gasteiger partial charge in [-0.2, -0.15) is 0 Å². The summed E-state index contributed by atoms with van der Waals surface area (Å²) in [7, 11) is 0. The second-order valence-corrected chi connectivity index (χ2v) is 4.88. The van der Waals surface area contributed by atoms with Gasteiger partial charge in [-0.3, -0.25) is 9.59 Å². The minimum atomic E-state index is -0.276. The van der Waals surface area contributed by atoms with Gasteiger partial charge in [0.05, 0.1) is 6.61 Å². The molecule has 5 heteroatoms. The van der Waals surface area contributed by atoms with Gasteiger partial charge in [0.25, 0.3) is 5.91 Å². The monoisotopic (exact) mass is 313 g/mol. The topological polar surface area (TPSA) is 64.6 Å². The van der Waals surface area contributed by atoms with Crippen LogP contribution in [0.25, 0.3) is 0 Å². The van der Waals surface area contributed by atoms with Crippen LogP contribution < -0.4 is 14.8 Å². The van der Waals surface area contributed by atoms with Crippen molar-refractivity contribution in [1.29, 1.82) is 0 Å². The Balaban J connectivity index is 1.87. The van der Waals surface area contributed by atoms with E-state index in [2.05, 4.69) is 5.32 Å². The van der Waals surface area contributed by atoms with Gasteiger partial charge in [0, 0.05) is 11.3 Å². The molecule has 2 aromatic carbocycles. The van der Waals surface area contributed by atoms with Crippen molar-refractivity contribution in [2.45, 2.75) is 13.8 Å². The Labute approximate surface area is 135 Å². The number of Topliss-reactive ketones (excluding diaryl/α,β-unsaturated/α-hetero) is 1. The highest BCUT2D eigenvalue weighted by Gasteiger charge is 2.06. The van der Waals surface area contributed by atoms with Crippen molar-refractivity contribution in [2.24, 2.45) is 0 Å². The number of carbonyl (C=O) groups excluding carboxylic acids is 2. The third kappa shape index (κ3) is 5.14. The largest absolute Gasteiger partial charge is 0.494 e. The molecule has 2 rings (SSSR count). The molecule has 0 unspecified atom stereocenters. The highest BCUT2D eigenvalue weighted by molar-refractivity contribution is 5.94. The molecule has 1 amide bonds. The van der Waals surface area contributed by atoms with E-state index in [0.717, 1.165) is 5.75 Å². The van der Waals surface area contributed by atoms with E-state index in [9.17, 15) is 9.59 Å². The van der Waals surface area contributed by atoms with E-state index in [1.54, 1.807) is 48.5 Å². The molecule has 0 aromatic heterocycles. The molecule has 23 heavy (non-hydrogen) atoms. The molecule has 0 atom stereocenters. The Morgan fingerprint density at radius 2 is 1.74 bits per heavy atom. The maximum absolute atomic E-state index is 11.9. The fourth-order valence-corrected chi connectivity index (χ4v) is 1.95. The third-order valence-electron chi connectivity index (χ3n) is 3.06. The minimum absolute atomic E-state index is 0.0470. The lowest BCUT2D eigenvalue weighted by atomic mass is 10.1. The number of rotatable bonds is 7. The summed E-state index contributed by atoms with van der Waals surface area (Å²) < 4.78 is 10.7. The standard InChI is InChI=1S/C18H19NO4/c1-3-22-16-9-7-15(8-10-16)19-18(21)12-23-17-6-4-5-14(11-17)13(2)20/h4-11H,3,12H2,1-2H3,(H,19,21). The highest BCUT2D eigenvalue weighted by Crippen LogP contribution is 2.16. The Morgan fingerprint density at radius 1 is 1.00 bits per heavy atom. The highest BCUT2D eigenvalue weighted by atomic mass is 16.5. The lowest BCUT2D eigenvalue weighted by Gasteiger charge is -2.09. The first-order valence-electron chi connectivity index (χ1n) is 7.35. The molecule has 0 saturated carbocycles. The lowest BCUT2D eigenvalue weighted by molar-refractivity contribution is -0.118. The molecule has 0 aliphatic heterocycles. The van der Waals surface area contributed by atoms with Crippen molar-refractivity contribution >= 4 is 17.4 Å². The van der Waals surface area contributed by atoms with Crippen LogP contribution in [0.15, 0.2) is 48.5 Å².